The molecule has 1 aromatic heterocycles. The summed E-state index contributed by atoms with van der Waals surface area (Å²) in [6, 6.07) is 0.376. The lowest BCUT2D eigenvalue weighted by atomic mass is 10.1. The van der Waals surface area contributed by atoms with Gasteiger partial charge in [-0.3, -0.25) is 9.69 Å². The summed E-state index contributed by atoms with van der Waals surface area (Å²) >= 11 is 0. The van der Waals surface area contributed by atoms with Crippen molar-refractivity contribution in [3.8, 4) is 0 Å². The Morgan fingerprint density at radius 3 is 2.79 bits per heavy atom. The number of aromatic nitrogens is 2. The Morgan fingerprint density at radius 1 is 1.33 bits per heavy atom. The van der Waals surface area contributed by atoms with Crippen LogP contribution in [-0.4, -0.2) is 59.2 Å². The maximum absolute atomic E-state index is 12.3. The van der Waals surface area contributed by atoms with E-state index in [2.05, 4.69) is 20.2 Å². The molecule has 0 aliphatic carbocycles. The second kappa shape index (κ2) is 7.44. The first kappa shape index (κ1) is 17.1. The minimum absolute atomic E-state index is 0.0275. The van der Waals surface area contributed by atoms with Gasteiger partial charge < -0.3 is 15.0 Å². The van der Waals surface area contributed by atoms with Gasteiger partial charge in [0.2, 0.25) is 5.91 Å². The zero-order valence-corrected chi connectivity index (χ0v) is 14.4. The Morgan fingerprint density at radius 2 is 2.08 bits per heavy atom. The van der Waals surface area contributed by atoms with E-state index in [1.807, 2.05) is 13.8 Å². The van der Waals surface area contributed by atoms with Gasteiger partial charge in [0, 0.05) is 17.8 Å². The van der Waals surface area contributed by atoms with E-state index in [4.69, 9.17) is 4.74 Å². The smallest absolute Gasteiger partial charge is 0.345 e. The molecular formula is C17H26N4O3. The van der Waals surface area contributed by atoms with Gasteiger partial charge in [0.25, 0.3) is 0 Å². The number of nitrogens with one attached hydrogen (secondary N) is 2. The highest BCUT2D eigenvalue weighted by molar-refractivity contribution is 5.76. The van der Waals surface area contributed by atoms with Crippen molar-refractivity contribution in [2.24, 2.45) is 0 Å². The minimum atomic E-state index is -0.338. The zero-order valence-electron chi connectivity index (χ0n) is 14.4. The van der Waals surface area contributed by atoms with Crippen molar-refractivity contribution in [3.63, 3.8) is 0 Å². The van der Waals surface area contributed by atoms with Crippen LogP contribution in [0.4, 0.5) is 0 Å². The molecule has 132 valence electrons. The van der Waals surface area contributed by atoms with Crippen LogP contribution in [0.2, 0.25) is 0 Å². The average molecular weight is 334 g/mol. The van der Waals surface area contributed by atoms with E-state index in [9.17, 15) is 9.59 Å². The maximum atomic E-state index is 12.3. The van der Waals surface area contributed by atoms with Crippen molar-refractivity contribution >= 4 is 5.91 Å². The first-order valence-corrected chi connectivity index (χ1v) is 8.72. The summed E-state index contributed by atoms with van der Waals surface area (Å²) in [5, 5.41) is 3.13. The van der Waals surface area contributed by atoms with Crippen LogP contribution in [0.3, 0.4) is 0 Å². The predicted octanol–water partition coefficient (Wildman–Crippen LogP) is 0.299. The van der Waals surface area contributed by atoms with Crippen molar-refractivity contribution in [3.05, 3.63) is 27.4 Å². The number of carbonyl (C=O) groups is 1. The molecule has 2 N–H and O–H groups in total. The number of hydrogen-bond donors (Lipinski definition) is 2. The van der Waals surface area contributed by atoms with Crippen molar-refractivity contribution in [2.75, 3.05) is 26.3 Å². The van der Waals surface area contributed by atoms with Crippen molar-refractivity contribution in [1.29, 1.82) is 0 Å². The lowest BCUT2D eigenvalue weighted by molar-refractivity contribution is -0.122. The van der Waals surface area contributed by atoms with Crippen molar-refractivity contribution in [2.45, 2.75) is 51.6 Å². The average Bonchev–Trinajstić information content (AvgIpc) is 3.16. The van der Waals surface area contributed by atoms with Crippen LogP contribution < -0.4 is 11.0 Å². The highest BCUT2D eigenvalue weighted by Gasteiger charge is 2.35. The van der Waals surface area contributed by atoms with Crippen LogP contribution in [-0.2, 0) is 16.0 Å². The molecule has 0 radical (unpaired) electrons. The number of hydrogen-bond acceptors (Lipinski definition) is 5. The summed E-state index contributed by atoms with van der Waals surface area (Å²) in [5.41, 5.74) is 2.10. The molecule has 24 heavy (non-hydrogen) atoms. The van der Waals surface area contributed by atoms with E-state index in [0.717, 1.165) is 24.3 Å². The summed E-state index contributed by atoms with van der Waals surface area (Å²) in [4.78, 5) is 32.7. The lowest BCUT2D eigenvalue weighted by Crippen LogP contribution is -2.50. The van der Waals surface area contributed by atoms with Crippen LogP contribution in [0.1, 0.15) is 36.2 Å². The van der Waals surface area contributed by atoms with Crippen LogP contribution in [0.15, 0.2) is 4.79 Å². The van der Waals surface area contributed by atoms with Gasteiger partial charge in [-0.25, -0.2) is 4.79 Å². The molecular weight excluding hydrogens is 308 g/mol. The molecule has 7 heteroatoms. The second-order valence-corrected chi connectivity index (χ2v) is 6.75. The predicted molar refractivity (Wildman–Crippen MR) is 90.0 cm³/mol. The fraction of sp³-hybridized carbons (Fsp3) is 0.706. The van der Waals surface area contributed by atoms with Crippen LogP contribution in [0.25, 0.3) is 0 Å². The number of rotatable bonds is 5. The molecule has 7 nitrogen and oxygen atoms in total. The Labute approximate surface area is 141 Å². The van der Waals surface area contributed by atoms with Gasteiger partial charge in [0.15, 0.2) is 0 Å². The summed E-state index contributed by atoms with van der Waals surface area (Å²) in [6.45, 7) is 7.14. The number of likely N-dealkylation sites (tertiary alicyclic amines) is 1. The Hall–Kier alpha value is -1.73. The number of amides is 1. The topological polar surface area (TPSA) is 87.3 Å². The molecule has 0 unspecified atom stereocenters. The van der Waals surface area contributed by atoms with E-state index in [-0.39, 0.29) is 17.6 Å². The third kappa shape index (κ3) is 3.84. The molecule has 3 heterocycles. The first-order valence-electron chi connectivity index (χ1n) is 8.72. The van der Waals surface area contributed by atoms with Crippen LogP contribution >= 0.6 is 0 Å². The van der Waals surface area contributed by atoms with Gasteiger partial charge >= 0.3 is 5.69 Å². The second-order valence-electron chi connectivity index (χ2n) is 6.75. The number of carbonyl (C=O) groups excluding carboxylic acids is 1. The lowest BCUT2D eigenvalue weighted by Gasteiger charge is -2.28. The normalized spacial score (nSPS) is 24.4. The van der Waals surface area contributed by atoms with Gasteiger partial charge in [-0.1, -0.05) is 0 Å². The number of aryl methyl sites for hydroxylation is 2. The maximum Gasteiger partial charge on any atom is 0.345 e. The summed E-state index contributed by atoms with van der Waals surface area (Å²) in [6.07, 6.45) is 3.43. The SMILES string of the molecule is Cc1nc(=O)[nH]c(C)c1CCC(=O)N[C@@H]1COC[C@H]1N1CCCC1. The zero-order chi connectivity index (χ0) is 17.1. The van der Waals surface area contributed by atoms with Gasteiger partial charge in [0.1, 0.15) is 0 Å². The Balaban J connectivity index is 1.55. The molecule has 0 aromatic carbocycles. The molecule has 1 aromatic rings. The molecule has 1 amide bonds. The molecule has 2 aliphatic heterocycles. The minimum Gasteiger partial charge on any atom is -0.378 e. The Bertz CT molecular complexity index is 625. The van der Waals surface area contributed by atoms with Gasteiger partial charge in [-0.2, -0.15) is 4.98 Å². The fourth-order valence-electron chi connectivity index (χ4n) is 3.75. The highest BCUT2D eigenvalue weighted by atomic mass is 16.5. The van der Waals surface area contributed by atoms with Crippen LogP contribution in [0.5, 0.6) is 0 Å². The summed E-state index contributed by atoms with van der Waals surface area (Å²) < 4.78 is 5.59. The highest BCUT2D eigenvalue weighted by Crippen LogP contribution is 2.19. The Kier molecular flexibility index (Phi) is 5.30. The standard InChI is InChI=1S/C17H26N4O3/c1-11-13(12(2)19-17(23)18-11)5-6-16(22)20-14-9-24-10-15(14)21-7-3-4-8-21/h14-15H,3-10H2,1-2H3,(H,20,22)(H,18,19,23)/t14-,15-/m1/s1. The molecule has 2 saturated heterocycles. The van der Waals surface area contributed by atoms with Crippen molar-refractivity contribution < 1.29 is 9.53 Å². The number of H-pyrrole nitrogens is 1. The van der Waals surface area contributed by atoms with E-state index >= 15 is 0 Å². The molecule has 0 bridgehead atoms. The monoisotopic (exact) mass is 334 g/mol. The van der Waals surface area contributed by atoms with Gasteiger partial charge in [-0.05, 0) is 51.8 Å². The van der Waals surface area contributed by atoms with Crippen LogP contribution in [0, 0.1) is 13.8 Å². The van der Waals surface area contributed by atoms with E-state index in [1.165, 1.54) is 12.8 Å². The molecule has 2 aliphatic rings. The van der Waals surface area contributed by atoms with E-state index in [1.54, 1.807) is 0 Å². The fourth-order valence-corrected chi connectivity index (χ4v) is 3.75. The van der Waals surface area contributed by atoms with E-state index < -0.39 is 0 Å². The van der Waals surface area contributed by atoms with Gasteiger partial charge in [0.05, 0.1) is 25.3 Å². The van der Waals surface area contributed by atoms with Crippen molar-refractivity contribution in [1.82, 2.24) is 20.2 Å². The molecule has 0 spiro atoms. The number of ether oxygens (including phenoxy) is 1. The molecule has 3 rings (SSSR count). The number of aromatic amines is 1. The quantitative estimate of drug-likeness (QED) is 0.809. The third-order valence-corrected chi connectivity index (χ3v) is 5.06. The third-order valence-electron chi connectivity index (χ3n) is 5.06. The summed E-state index contributed by atoms with van der Waals surface area (Å²) in [5.74, 6) is 0.0275. The largest absolute Gasteiger partial charge is 0.378 e. The van der Waals surface area contributed by atoms with Gasteiger partial charge in [-0.15, -0.1) is 0 Å². The molecule has 2 atom stereocenters. The van der Waals surface area contributed by atoms with E-state index in [0.29, 0.717) is 37.8 Å². The molecule has 0 saturated carbocycles. The number of nitrogens with zero attached hydrogens (tertiary/aromatic N) is 2. The molecule has 2 fully saturated rings. The summed E-state index contributed by atoms with van der Waals surface area (Å²) in [7, 11) is 0. The first-order chi connectivity index (χ1) is 11.5.